The van der Waals surface area contributed by atoms with Crippen LogP contribution in [0.1, 0.15) is 50.7 Å². The summed E-state index contributed by atoms with van der Waals surface area (Å²) in [6, 6.07) is 8.57. The third kappa shape index (κ3) is 10.4. The molecule has 1 fully saturated rings. The van der Waals surface area contributed by atoms with Crippen LogP contribution in [0.25, 0.3) is 0 Å². The average Bonchev–Trinajstić information content (AvgIpc) is 3.41. The van der Waals surface area contributed by atoms with E-state index in [0.717, 1.165) is 47.0 Å². The largest absolute Gasteiger partial charge is 0.389 e. The molecule has 1 saturated heterocycles. The Kier molecular flexibility index (Phi) is 12.7. The molecule has 3 N–H and O–H groups in total. The first kappa shape index (κ1) is 33.0. The van der Waals surface area contributed by atoms with Crippen molar-refractivity contribution in [1.29, 1.82) is 0 Å². The van der Waals surface area contributed by atoms with Crippen LogP contribution < -0.4 is 10.6 Å². The lowest BCUT2D eigenvalue weighted by atomic mass is 10.00. The number of aryl methyl sites for hydroxylation is 1. The highest BCUT2D eigenvalue weighted by molar-refractivity contribution is 8.00. The monoisotopic (exact) mass is 600 g/mol. The number of aliphatic hydroxyl groups excluding tert-OH is 1. The van der Waals surface area contributed by atoms with Crippen molar-refractivity contribution >= 4 is 47.2 Å². The van der Waals surface area contributed by atoms with Gasteiger partial charge in [0.2, 0.25) is 23.6 Å². The van der Waals surface area contributed by atoms with E-state index in [1.807, 2.05) is 0 Å². The highest BCUT2D eigenvalue weighted by Gasteiger charge is 2.38. The lowest BCUT2D eigenvalue weighted by Gasteiger charge is -2.16. The number of nitrogens with zero attached hydrogens (tertiary/aromatic N) is 2. The van der Waals surface area contributed by atoms with Gasteiger partial charge in [-0.3, -0.25) is 38.6 Å². The van der Waals surface area contributed by atoms with E-state index >= 15 is 0 Å². The van der Waals surface area contributed by atoms with E-state index in [0.29, 0.717) is 5.92 Å². The van der Waals surface area contributed by atoms with E-state index < -0.39 is 35.0 Å². The van der Waals surface area contributed by atoms with Crippen molar-refractivity contribution in [3.05, 3.63) is 47.5 Å². The van der Waals surface area contributed by atoms with Crippen molar-refractivity contribution in [2.24, 2.45) is 5.92 Å². The first-order valence-electron chi connectivity index (χ1n) is 14.3. The predicted octanol–water partition coefficient (Wildman–Crippen LogP) is 0.977. The van der Waals surface area contributed by atoms with E-state index in [2.05, 4.69) is 48.7 Å². The van der Waals surface area contributed by atoms with Gasteiger partial charge in [0.25, 0.3) is 11.8 Å². The van der Waals surface area contributed by atoms with E-state index in [1.54, 1.807) is 0 Å². The smallest absolute Gasteiger partial charge is 0.253 e. The number of nitrogens with one attached hydrogen (secondary N) is 2. The molecule has 3 rings (SSSR count). The van der Waals surface area contributed by atoms with Crippen molar-refractivity contribution in [1.82, 2.24) is 20.4 Å². The van der Waals surface area contributed by atoms with Gasteiger partial charge in [-0.05, 0) is 42.1 Å². The van der Waals surface area contributed by atoms with Crippen LogP contribution in [0.4, 0.5) is 0 Å². The molecule has 11 nitrogen and oxygen atoms in total. The molecule has 1 aromatic carbocycles. The fraction of sp³-hybridized carbons (Fsp3) is 0.533. The third-order valence-corrected chi connectivity index (χ3v) is 8.16. The normalized spacial score (nSPS) is 17.5. The molecule has 0 aliphatic carbocycles. The molecule has 2 unspecified atom stereocenters. The summed E-state index contributed by atoms with van der Waals surface area (Å²) < 4.78 is 0. The summed E-state index contributed by atoms with van der Waals surface area (Å²) in [5, 5.41) is 14.6. The van der Waals surface area contributed by atoms with Crippen LogP contribution in [0, 0.1) is 5.92 Å². The number of thioether (sulfide) groups is 1. The van der Waals surface area contributed by atoms with Gasteiger partial charge in [0.15, 0.2) is 0 Å². The molecule has 2 aliphatic heterocycles. The standard InChI is InChI=1S/C30H40N4O7S/c1-20(2)15-22-6-3-5-21(16-22)7-4-14-42-24-17-29(40)34(30(24)41)13-11-26(37)32-19-23(35)18-31-25(36)10-12-33-27(38)8-9-28(33)39/h3,5-6,8-9,16,20,23-24,35H,4,7,10-15,17-19H2,1-2H3,(H,31,36)(H,32,37). The van der Waals surface area contributed by atoms with Crippen molar-refractivity contribution < 1.29 is 33.9 Å². The molecule has 2 heterocycles. The Hall–Kier alpha value is -3.51. The van der Waals surface area contributed by atoms with Crippen molar-refractivity contribution in [3.8, 4) is 0 Å². The van der Waals surface area contributed by atoms with Gasteiger partial charge in [-0.25, -0.2) is 0 Å². The molecule has 0 radical (unpaired) electrons. The maximum absolute atomic E-state index is 12.8. The molecule has 0 saturated carbocycles. The molecule has 2 atom stereocenters. The van der Waals surface area contributed by atoms with Crippen LogP contribution in [0.3, 0.4) is 0 Å². The topological polar surface area (TPSA) is 153 Å². The second-order valence-corrected chi connectivity index (χ2v) is 12.2. The van der Waals surface area contributed by atoms with Gasteiger partial charge in [-0.1, -0.05) is 38.1 Å². The average molecular weight is 601 g/mol. The number of hydrogen-bond donors (Lipinski definition) is 3. The second kappa shape index (κ2) is 16.2. The van der Waals surface area contributed by atoms with Gasteiger partial charge < -0.3 is 15.7 Å². The van der Waals surface area contributed by atoms with Crippen LogP contribution in [0.15, 0.2) is 36.4 Å². The number of carbonyl (C=O) groups excluding carboxylic acids is 6. The minimum atomic E-state index is -1.07. The maximum Gasteiger partial charge on any atom is 0.253 e. The zero-order chi connectivity index (χ0) is 30.6. The minimum absolute atomic E-state index is 0.0289. The molecular formula is C30H40N4O7S. The van der Waals surface area contributed by atoms with Gasteiger partial charge >= 0.3 is 0 Å². The molecule has 0 aromatic heterocycles. The molecule has 6 amide bonds. The summed E-state index contributed by atoms with van der Waals surface area (Å²) in [4.78, 5) is 74.4. The van der Waals surface area contributed by atoms with Crippen molar-refractivity contribution in [3.63, 3.8) is 0 Å². The Bertz CT molecular complexity index is 1180. The van der Waals surface area contributed by atoms with Gasteiger partial charge in [0.1, 0.15) is 0 Å². The zero-order valence-electron chi connectivity index (χ0n) is 24.2. The van der Waals surface area contributed by atoms with E-state index in [4.69, 9.17) is 0 Å². The maximum atomic E-state index is 12.8. The summed E-state index contributed by atoms with van der Waals surface area (Å²) in [5.41, 5.74) is 2.60. The number of likely N-dealkylation sites (tertiary alicyclic amines) is 1. The highest BCUT2D eigenvalue weighted by atomic mass is 32.2. The van der Waals surface area contributed by atoms with E-state index in [9.17, 15) is 33.9 Å². The Labute approximate surface area is 250 Å². The molecular weight excluding hydrogens is 560 g/mol. The van der Waals surface area contributed by atoms with Crippen LogP contribution in [0.2, 0.25) is 0 Å². The molecule has 42 heavy (non-hydrogen) atoms. The van der Waals surface area contributed by atoms with Crippen molar-refractivity contribution in [2.45, 2.75) is 63.7 Å². The fourth-order valence-electron chi connectivity index (χ4n) is 4.69. The zero-order valence-corrected chi connectivity index (χ0v) is 25.0. The summed E-state index contributed by atoms with van der Waals surface area (Å²) in [7, 11) is 0. The Morgan fingerprint density at radius 2 is 1.55 bits per heavy atom. The molecule has 228 valence electrons. The van der Waals surface area contributed by atoms with Gasteiger partial charge in [0.05, 0.1) is 11.4 Å². The minimum Gasteiger partial charge on any atom is -0.389 e. The molecule has 2 aliphatic rings. The van der Waals surface area contributed by atoms with Crippen LogP contribution in [0.5, 0.6) is 0 Å². The number of carbonyl (C=O) groups is 6. The lowest BCUT2D eigenvalue weighted by molar-refractivity contribution is -0.140. The summed E-state index contributed by atoms with van der Waals surface area (Å²) in [6.07, 6.45) is 3.98. The van der Waals surface area contributed by atoms with Gasteiger partial charge in [-0.2, -0.15) is 0 Å². The first-order chi connectivity index (χ1) is 20.0. The predicted molar refractivity (Wildman–Crippen MR) is 158 cm³/mol. The Morgan fingerprint density at radius 3 is 2.17 bits per heavy atom. The third-order valence-electron chi connectivity index (χ3n) is 6.86. The van der Waals surface area contributed by atoms with Gasteiger partial charge in [0, 0.05) is 57.6 Å². The number of aliphatic hydroxyl groups is 1. The summed E-state index contributed by atoms with van der Waals surface area (Å²) >= 11 is 1.48. The Balaban J connectivity index is 1.28. The molecule has 0 spiro atoms. The molecule has 12 heteroatoms. The number of benzene rings is 1. The summed E-state index contributed by atoms with van der Waals surface area (Å²) in [6.45, 7) is 4.03. The Morgan fingerprint density at radius 1 is 0.952 bits per heavy atom. The quantitative estimate of drug-likeness (QED) is 0.177. The van der Waals surface area contributed by atoms with Crippen molar-refractivity contribution in [2.75, 3.05) is 31.9 Å². The highest BCUT2D eigenvalue weighted by Crippen LogP contribution is 2.26. The van der Waals surface area contributed by atoms with E-state index in [1.165, 1.54) is 22.9 Å². The molecule has 1 aromatic rings. The fourth-order valence-corrected chi connectivity index (χ4v) is 5.82. The van der Waals surface area contributed by atoms with Crippen LogP contribution in [-0.2, 0) is 41.6 Å². The second-order valence-electron chi connectivity index (χ2n) is 10.9. The van der Waals surface area contributed by atoms with Gasteiger partial charge in [-0.15, -0.1) is 11.8 Å². The lowest BCUT2D eigenvalue weighted by Crippen LogP contribution is -2.42. The number of rotatable bonds is 17. The number of hydrogen-bond acceptors (Lipinski definition) is 8. The summed E-state index contributed by atoms with van der Waals surface area (Å²) in [5.74, 6) is -1.05. The molecule has 0 bridgehead atoms. The van der Waals surface area contributed by atoms with E-state index in [-0.39, 0.29) is 57.3 Å². The first-order valence-corrected chi connectivity index (χ1v) is 15.4. The number of amides is 6. The SMILES string of the molecule is CC(C)Cc1cccc(CCCSC2CC(=O)N(CCC(=O)NCC(O)CNC(=O)CCN3C(=O)C=CC3=O)C2=O)c1. The number of imide groups is 2. The van der Waals surface area contributed by atoms with Crippen LogP contribution in [-0.4, -0.2) is 93.6 Å². The van der Waals surface area contributed by atoms with Crippen LogP contribution >= 0.6 is 11.8 Å².